The molecule has 2 aliphatic rings. The lowest BCUT2D eigenvalue weighted by molar-refractivity contribution is -0.150. The number of benzene rings is 2. The fraction of sp³-hybridized carbons (Fsp3) is 0.407. The lowest BCUT2D eigenvalue weighted by atomic mass is 9.96. The van der Waals surface area contributed by atoms with Gasteiger partial charge in [-0.2, -0.15) is 0 Å². The van der Waals surface area contributed by atoms with Crippen LogP contribution < -0.4 is 9.64 Å². The highest BCUT2D eigenvalue weighted by Gasteiger charge is 2.35. The van der Waals surface area contributed by atoms with Crippen molar-refractivity contribution in [1.82, 2.24) is 4.90 Å². The summed E-state index contributed by atoms with van der Waals surface area (Å²) in [6, 6.07) is 9.47. The van der Waals surface area contributed by atoms with Gasteiger partial charge in [0.2, 0.25) is 5.78 Å². The number of hydrogen-bond donors (Lipinski definition) is 1. The molecule has 2 heterocycles. The number of piperidine rings is 1. The van der Waals surface area contributed by atoms with Crippen LogP contribution in [-0.4, -0.2) is 55.6 Å². The highest BCUT2D eigenvalue weighted by Crippen LogP contribution is 2.42. The van der Waals surface area contributed by atoms with Crippen molar-refractivity contribution >= 4 is 23.5 Å². The fourth-order valence-corrected chi connectivity index (χ4v) is 4.63. The topological polar surface area (TPSA) is 79.3 Å². The molecule has 0 spiro atoms. The summed E-state index contributed by atoms with van der Waals surface area (Å²) < 4.78 is 11.3. The molecule has 0 amide bonds. The first kappa shape index (κ1) is 23.8. The summed E-state index contributed by atoms with van der Waals surface area (Å²) in [5.74, 6) is 0.204. The number of aryl methyl sites for hydroxylation is 1. The summed E-state index contributed by atoms with van der Waals surface area (Å²) in [6.45, 7) is 5.72. The van der Waals surface area contributed by atoms with Gasteiger partial charge in [0, 0.05) is 32.9 Å². The minimum Gasteiger partial charge on any atom is -0.507 e. The van der Waals surface area contributed by atoms with E-state index in [1.165, 1.54) is 0 Å². The number of esters is 1. The van der Waals surface area contributed by atoms with E-state index in [9.17, 15) is 14.7 Å². The highest BCUT2D eigenvalue weighted by atomic mass is 16.5. The smallest absolute Gasteiger partial charge is 0.310 e. The van der Waals surface area contributed by atoms with E-state index in [1.54, 1.807) is 19.1 Å². The molecule has 0 aromatic heterocycles. The van der Waals surface area contributed by atoms with Gasteiger partial charge in [0.25, 0.3) is 0 Å². The second kappa shape index (κ2) is 9.89. The van der Waals surface area contributed by atoms with Crippen molar-refractivity contribution < 1.29 is 24.2 Å². The van der Waals surface area contributed by atoms with Crippen molar-refractivity contribution in [3.63, 3.8) is 0 Å². The lowest BCUT2D eigenvalue weighted by Crippen LogP contribution is -2.39. The van der Waals surface area contributed by atoms with Gasteiger partial charge in [-0.3, -0.25) is 14.5 Å². The molecule has 4 rings (SSSR count). The van der Waals surface area contributed by atoms with Gasteiger partial charge >= 0.3 is 5.97 Å². The number of fused-ring (bicyclic) bond motifs is 1. The molecule has 2 aromatic rings. The fourth-order valence-electron chi connectivity index (χ4n) is 4.63. The molecule has 7 heteroatoms. The van der Waals surface area contributed by atoms with Gasteiger partial charge in [-0.15, -0.1) is 0 Å². The van der Waals surface area contributed by atoms with Crippen molar-refractivity contribution in [2.75, 3.05) is 38.7 Å². The molecule has 2 aromatic carbocycles. The molecule has 0 saturated carbocycles. The molecule has 0 bridgehead atoms. The Kier molecular flexibility index (Phi) is 6.93. The first-order valence-corrected chi connectivity index (χ1v) is 11.7. The number of allylic oxidation sites excluding steroid dienone is 1. The maximum Gasteiger partial charge on any atom is 0.310 e. The van der Waals surface area contributed by atoms with Gasteiger partial charge in [0.1, 0.15) is 11.5 Å². The molecule has 34 heavy (non-hydrogen) atoms. The maximum absolute atomic E-state index is 13.2. The number of nitrogens with zero attached hydrogens (tertiary/aromatic N) is 2. The Labute approximate surface area is 200 Å². The largest absolute Gasteiger partial charge is 0.507 e. The molecule has 1 saturated heterocycles. The highest BCUT2D eigenvalue weighted by molar-refractivity contribution is 6.15. The minimum atomic E-state index is -0.187. The molecule has 1 unspecified atom stereocenters. The van der Waals surface area contributed by atoms with Crippen LogP contribution in [0.15, 0.2) is 36.1 Å². The summed E-state index contributed by atoms with van der Waals surface area (Å²) in [5, 5.41) is 10.8. The zero-order chi connectivity index (χ0) is 24.4. The SMILES string of the molecule is CCOC(=O)C1CCCN(Cc2c(O)cc(C)c3c2O/C(=C\c2ccc(N(C)C)cc2)C3=O)C1. The van der Waals surface area contributed by atoms with E-state index in [-0.39, 0.29) is 29.2 Å². The van der Waals surface area contributed by atoms with Crippen molar-refractivity contribution in [2.45, 2.75) is 33.2 Å². The zero-order valence-corrected chi connectivity index (χ0v) is 20.3. The number of aromatic hydroxyl groups is 1. The average Bonchev–Trinajstić information content (AvgIpc) is 3.13. The Bertz CT molecular complexity index is 1120. The number of phenols is 1. The van der Waals surface area contributed by atoms with E-state index >= 15 is 0 Å². The van der Waals surface area contributed by atoms with Crippen LogP contribution in [0, 0.1) is 12.8 Å². The van der Waals surface area contributed by atoms with Gasteiger partial charge in [-0.25, -0.2) is 0 Å². The molecule has 180 valence electrons. The van der Waals surface area contributed by atoms with Gasteiger partial charge < -0.3 is 19.5 Å². The molecule has 1 fully saturated rings. The third-order valence-electron chi connectivity index (χ3n) is 6.44. The number of Topliss-reactive ketones (excluding diaryl/α,β-unsaturated/α-hetero) is 1. The molecular weight excluding hydrogens is 432 g/mol. The second-order valence-electron chi connectivity index (χ2n) is 9.15. The maximum atomic E-state index is 13.2. The first-order chi connectivity index (χ1) is 16.3. The van der Waals surface area contributed by atoms with E-state index in [0.717, 1.165) is 30.6 Å². The van der Waals surface area contributed by atoms with Crippen LogP contribution in [0.4, 0.5) is 5.69 Å². The number of anilines is 1. The van der Waals surface area contributed by atoms with Crippen LogP contribution in [0.2, 0.25) is 0 Å². The van der Waals surface area contributed by atoms with E-state index in [2.05, 4.69) is 4.90 Å². The molecule has 1 atom stereocenters. The van der Waals surface area contributed by atoms with Gasteiger partial charge in [-0.05, 0) is 68.6 Å². The van der Waals surface area contributed by atoms with E-state index < -0.39 is 0 Å². The van der Waals surface area contributed by atoms with Crippen molar-refractivity contribution in [2.24, 2.45) is 5.92 Å². The van der Waals surface area contributed by atoms with Gasteiger partial charge in [-0.1, -0.05) is 12.1 Å². The summed E-state index contributed by atoms with van der Waals surface area (Å²) in [7, 11) is 3.95. The molecule has 0 radical (unpaired) electrons. The van der Waals surface area contributed by atoms with Crippen molar-refractivity contribution in [1.29, 1.82) is 0 Å². The number of ether oxygens (including phenoxy) is 2. The molecule has 2 aliphatic heterocycles. The predicted molar refractivity (Wildman–Crippen MR) is 131 cm³/mol. The average molecular weight is 465 g/mol. The first-order valence-electron chi connectivity index (χ1n) is 11.7. The van der Waals surface area contributed by atoms with Crippen molar-refractivity contribution in [3.8, 4) is 11.5 Å². The normalized spacial score (nSPS) is 19.1. The summed E-state index contributed by atoms with van der Waals surface area (Å²) in [4.78, 5) is 29.6. The molecule has 0 aliphatic carbocycles. The third kappa shape index (κ3) is 4.80. The summed E-state index contributed by atoms with van der Waals surface area (Å²) in [6.07, 6.45) is 3.40. The van der Waals surface area contributed by atoms with Crippen LogP contribution in [0.1, 0.15) is 46.8 Å². The lowest BCUT2D eigenvalue weighted by Gasteiger charge is -2.31. The number of carbonyl (C=O) groups is 2. The number of hydrogen-bond acceptors (Lipinski definition) is 7. The Hall–Kier alpha value is -3.32. The number of likely N-dealkylation sites (tertiary alicyclic amines) is 1. The number of ketones is 1. The Morgan fingerprint density at radius 2 is 2.03 bits per heavy atom. The van der Waals surface area contributed by atoms with E-state index in [0.29, 0.717) is 42.1 Å². The van der Waals surface area contributed by atoms with Gasteiger partial charge in [0.15, 0.2) is 5.76 Å². The van der Waals surface area contributed by atoms with Crippen LogP contribution >= 0.6 is 0 Å². The molecular formula is C27H32N2O5. The van der Waals surface area contributed by atoms with Crippen LogP contribution in [-0.2, 0) is 16.1 Å². The third-order valence-corrected chi connectivity index (χ3v) is 6.44. The zero-order valence-electron chi connectivity index (χ0n) is 20.3. The van der Waals surface area contributed by atoms with Crippen LogP contribution in [0.5, 0.6) is 11.5 Å². The Morgan fingerprint density at radius 3 is 2.71 bits per heavy atom. The summed E-state index contributed by atoms with van der Waals surface area (Å²) in [5.41, 5.74) is 3.66. The van der Waals surface area contributed by atoms with Gasteiger partial charge in [0.05, 0.1) is 23.7 Å². The standard InChI is InChI=1S/C27H32N2O5/c1-5-33-27(32)19-7-6-12-29(15-19)16-21-22(30)13-17(2)24-25(31)23(34-26(21)24)14-18-8-10-20(11-9-18)28(3)4/h8-11,13-14,19,30H,5-7,12,15-16H2,1-4H3/b23-14-. The van der Waals surface area contributed by atoms with E-state index in [4.69, 9.17) is 9.47 Å². The Morgan fingerprint density at radius 1 is 1.29 bits per heavy atom. The minimum absolute atomic E-state index is 0.0962. The number of rotatable bonds is 6. The second-order valence-corrected chi connectivity index (χ2v) is 9.15. The number of carbonyl (C=O) groups excluding carboxylic acids is 2. The Balaban J connectivity index is 1.59. The predicted octanol–water partition coefficient (Wildman–Crippen LogP) is 4.16. The van der Waals surface area contributed by atoms with Crippen LogP contribution in [0.3, 0.4) is 0 Å². The van der Waals surface area contributed by atoms with Crippen LogP contribution in [0.25, 0.3) is 6.08 Å². The number of phenolic OH excluding ortho intramolecular Hbond substituents is 1. The van der Waals surface area contributed by atoms with E-state index in [1.807, 2.05) is 50.2 Å². The monoisotopic (exact) mass is 464 g/mol. The van der Waals surface area contributed by atoms with Crippen molar-refractivity contribution in [3.05, 3.63) is 58.3 Å². The summed E-state index contributed by atoms with van der Waals surface area (Å²) >= 11 is 0. The quantitative estimate of drug-likeness (QED) is 0.508. The molecule has 7 nitrogen and oxygen atoms in total. The molecule has 1 N–H and O–H groups in total.